The molecule has 0 fully saturated rings. The second-order valence-electron chi connectivity index (χ2n) is 7.76. The van der Waals surface area contributed by atoms with Gasteiger partial charge < -0.3 is 20.1 Å². The number of pyridine rings is 1. The van der Waals surface area contributed by atoms with E-state index in [1.165, 1.54) is 12.1 Å². The van der Waals surface area contributed by atoms with E-state index in [0.717, 1.165) is 23.5 Å². The highest BCUT2D eigenvalue weighted by Crippen LogP contribution is 2.44. The van der Waals surface area contributed by atoms with Crippen molar-refractivity contribution in [1.82, 2.24) is 4.98 Å². The topological polar surface area (TPSA) is 74.7 Å². The molecule has 0 radical (unpaired) electrons. The standard InChI is InChI=1S/C23H24FN3O3/c1-4-27(9-10-28)20-8-5-14(13-25-20)17-12-19(30-23(17,2)3)21-16-11-15(24)6-7-18(16)26-22(21)29/h5-8,11-13,28H,4,9-10H2,1-3H3,(H,26,29). The molecule has 0 saturated heterocycles. The van der Waals surface area contributed by atoms with Crippen LogP contribution >= 0.6 is 0 Å². The molecule has 0 bridgehead atoms. The number of carbonyl (C=O) groups excluding carboxylic acids is 1. The Bertz CT molecular complexity index is 1060. The van der Waals surface area contributed by atoms with Gasteiger partial charge in [-0.2, -0.15) is 0 Å². The van der Waals surface area contributed by atoms with Gasteiger partial charge in [-0.25, -0.2) is 9.37 Å². The lowest BCUT2D eigenvalue weighted by molar-refractivity contribution is -0.111. The minimum atomic E-state index is -0.683. The van der Waals surface area contributed by atoms with Gasteiger partial charge in [-0.05, 0) is 57.2 Å². The number of fused-ring (bicyclic) bond motifs is 1. The van der Waals surface area contributed by atoms with E-state index in [1.807, 2.05) is 43.9 Å². The molecule has 0 spiro atoms. The SMILES string of the molecule is CCN(CCO)c1ccc(C2=CC(=C3C(=O)Nc4ccc(F)cc43)OC2(C)C)cn1. The molecule has 2 aromatic rings. The van der Waals surface area contributed by atoms with Crippen LogP contribution < -0.4 is 10.2 Å². The number of benzene rings is 1. The lowest BCUT2D eigenvalue weighted by Gasteiger charge is -2.24. The maximum Gasteiger partial charge on any atom is 0.260 e. The van der Waals surface area contributed by atoms with Crippen molar-refractivity contribution in [3.63, 3.8) is 0 Å². The molecule has 0 atom stereocenters. The number of ether oxygens (including phenoxy) is 1. The molecule has 1 aromatic carbocycles. The van der Waals surface area contributed by atoms with E-state index < -0.39 is 11.4 Å². The number of nitrogens with zero attached hydrogens (tertiary/aromatic N) is 2. The molecule has 2 aliphatic heterocycles. The monoisotopic (exact) mass is 409 g/mol. The zero-order chi connectivity index (χ0) is 21.5. The van der Waals surface area contributed by atoms with Gasteiger partial charge in [0.25, 0.3) is 5.91 Å². The van der Waals surface area contributed by atoms with Crippen LogP contribution in [0.15, 0.2) is 48.4 Å². The first kappa shape index (κ1) is 20.1. The minimum absolute atomic E-state index is 0.0599. The highest BCUT2D eigenvalue weighted by molar-refractivity contribution is 6.32. The fraction of sp³-hybridized carbons (Fsp3) is 0.304. The average Bonchev–Trinajstić information content (AvgIpc) is 3.20. The molecule has 0 aliphatic carbocycles. The van der Waals surface area contributed by atoms with E-state index in [1.54, 1.807) is 12.3 Å². The molecule has 7 heteroatoms. The van der Waals surface area contributed by atoms with Crippen LogP contribution in [0, 0.1) is 5.82 Å². The zero-order valence-corrected chi connectivity index (χ0v) is 17.2. The highest BCUT2D eigenvalue weighted by Gasteiger charge is 2.38. The summed E-state index contributed by atoms with van der Waals surface area (Å²) < 4.78 is 19.9. The molecule has 1 aromatic heterocycles. The fourth-order valence-electron chi connectivity index (χ4n) is 3.89. The van der Waals surface area contributed by atoms with Crippen molar-refractivity contribution in [2.24, 2.45) is 0 Å². The highest BCUT2D eigenvalue weighted by atomic mass is 19.1. The Balaban J connectivity index is 1.73. The molecular formula is C23H24FN3O3. The summed E-state index contributed by atoms with van der Waals surface area (Å²) in [7, 11) is 0. The number of aliphatic hydroxyl groups excluding tert-OH is 1. The summed E-state index contributed by atoms with van der Waals surface area (Å²) in [6.45, 7) is 7.17. The Hall–Kier alpha value is -3.19. The normalized spacial score (nSPS) is 19.2. The summed E-state index contributed by atoms with van der Waals surface area (Å²) in [5.74, 6) is 0.477. The molecule has 156 valence electrons. The molecule has 4 rings (SSSR count). The van der Waals surface area contributed by atoms with Gasteiger partial charge in [0.1, 0.15) is 23.0 Å². The van der Waals surface area contributed by atoms with Crippen LogP contribution in [0.5, 0.6) is 0 Å². The predicted molar refractivity (Wildman–Crippen MR) is 114 cm³/mol. The quantitative estimate of drug-likeness (QED) is 0.739. The number of hydrogen-bond donors (Lipinski definition) is 2. The maximum absolute atomic E-state index is 13.8. The second kappa shape index (κ2) is 7.57. The van der Waals surface area contributed by atoms with Gasteiger partial charge in [-0.15, -0.1) is 0 Å². The molecule has 6 nitrogen and oxygen atoms in total. The largest absolute Gasteiger partial charge is 0.482 e. The van der Waals surface area contributed by atoms with Crippen LogP contribution in [0.25, 0.3) is 11.1 Å². The molecule has 0 saturated carbocycles. The molecule has 2 N–H and O–H groups in total. The number of likely N-dealkylation sites (N-methyl/N-ethyl adjacent to an activating group) is 1. The van der Waals surface area contributed by atoms with Crippen LogP contribution in [0.3, 0.4) is 0 Å². The van der Waals surface area contributed by atoms with Crippen molar-refractivity contribution in [2.45, 2.75) is 26.4 Å². The van der Waals surface area contributed by atoms with E-state index in [4.69, 9.17) is 4.74 Å². The summed E-state index contributed by atoms with van der Waals surface area (Å²) in [4.78, 5) is 19.1. The van der Waals surface area contributed by atoms with Gasteiger partial charge >= 0.3 is 0 Å². The number of rotatable bonds is 5. The van der Waals surface area contributed by atoms with Crippen molar-refractivity contribution in [2.75, 3.05) is 29.9 Å². The van der Waals surface area contributed by atoms with Crippen LogP contribution in [0.1, 0.15) is 31.9 Å². The number of nitrogens with one attached hydrogen (secondary N) is 1. The number of halogens is 1. The minimum Gasteiger partial charge on any atom is -0.482 e. The summed E-state index contributed by atoms with van der Waals surface area (Å²) >= 11 is 0. The van der Waals surface area contributed by atoms with E-state index in [0.29, 0.717) is 29.1 Å². The van der Waals surface area contributed by atoms with Crippen molar-refractivity contribution >= 4 is 28.6 Å². The smallest absolute Gasteiger partial charge is 0.260 e. The number of hydrogen-bond acceptors (Lipinski definition) is 5. The van der Waals surface area contributed by atoms with Crippen LogP contribution in [-0.4, -0.2) is 41.3 Å². The molecule has 2 aliphatic rings. The van der Waals surface area contributed by atoms with Gasteiger partial charge in [0.2, 0.25) is 0 Å². The Morgan fingerprint density at radius 2 is 2.07 bits per heavy atom. The fourth-order valence-corrected chi connectivity index (χ4v) is 3.89. The molecule has 1 amide bonds. The number of aromatic nitrogens is 1. The van der Waals surface area contributed by atoms with Gasteiger partial charge in [0, 0.05) is 41.7 Å². The Morgan fingerprint density at radius 1 is 1.27 bits per heavy atom. The van der Waals surface area contributed by atoms with Crippen molar-refractivity contribution < 1.29 is 19.0 Å². The summed E-state index contributed by atoms with van der Waals surface area (Å²) in [5, 5.41) is 12.0. The number of allylic oxidation sites excluding steroid dienone is 1. The third kappa shape index (κ3) is 3.45. The van der Waals surface area contributed by atoms with E-state index in [-0.39, 0.29) is 12.5 Å². The average molecular weight is 409 g/mol. The second-order valence-corrected chi connectivity index (χ2v) is 7.76. The van der Waals surface area contributed by atoms with E-state index in [2.05, 4.69) is 10.3 Å². The van der Waals surface area contributed by atoms with Gasteiger partial charge in [-0.3, -0.25) is 4.79 Å². The van der Waals surface area contributed by atoms with E-state index >= 15 is 0 Å². The maximum atomic E-state index is 13.8. The molecular weight excluding hydrogens is 385 g/mol. The Kier molecular flexibility index (Phi) is 5.07. The number of amides is 1. The lowest BCUT2D eigenvalue weighted by Crippen LogP contribution is -2.27. The van der Waals surface area contributed by atoms with Crippen molar-refractivity contribution in [3.05, 3.63) is 65.3 Å². The first-order chi connectivity index (χ1) is 14.3. The summed E-state index contributed by atoms with van der Waals surface area (Å²) in [5.41, 5.74) is 2.47. The number of anilines is 2. The van der Waals surface area contributed by atoms with Crippen LogP contribution in [0.4, 0.5) is 15.9 Å². The van der Waals surface area contributed by atoms with Gasteiger partial charge in [0.05, 0.1) is 12.2 Å². The Morgan fingerprint density at radius 3 is 2.73 bits per heavy atom. The van der Waals surface area contributed by atoms with Gasteiger partial charge in [-0.1, -0.05) is 0 Å². The summed E-state index contributed by atoms with van der Waals surface area (Å²) in [6.07, 6.45) is 3.60. The molecule has 3 heterocycles. The lowest BCUT2D eigenvalue weighted by atomic mass is 9.93. The molecule has 0 unspecified atom stereocenters. The number of carbonyl (C=O) groups is 1. The Labute approximate surface area is 174 Å². The first-order valence-corrected chi connectivity index (χ1v) is 9.93. The third-order valence-corrected chi connectivity index (χ3v) is 5.40. The van der Waals surface area contributed by atoms with Crippen molar-refractivity contribution in [3.8, 4) is 0 Å². The van der Waals surface area contributed by atoms with Crippen molar-refractivity contribution in [1.29, 1.82) is 0 Å². The molecule has 30 heavy (non-hydrogen) atoms. The van der Waals surface area contributed by atoms with Crippen LogP contribution in [-0.2, 0) is 9.53 Å². The summed E-state index contributed by atoms with van der Waals surface area (Å²) in [6, 6.07) is 8.07. The number of aliphatic hydroxyl groups is 1. The van der Waals surface area contributed by atoms with Gasteiger partial charge in [0.15, 0.2) is 0 Å². The van der Waals surface area contributed by atoms with Crippen LogP contribution in [0.2, 0.25) is 0 Å². The van der Waals surface area contributed by atoms with E-state index in [9.17, 15) is 14.3 Å². The predicted octanol–water partition coefficient (Wildman–Crippen LogP) is 3.59. The first-order valence-electron chi connectivity index (χ1n) is 9.93. The third-order valence-electron chi connectivity index (χ3n) is 5.40. The zero-order valence-electron chi connectivity index (χ0n) is 17.2.